The van der Waals surface area contributed by atoms with Gasteiger partial charge in [0.1, 0.15) is 12.4 Å². The van der Waals surface area contributed by atoms with Crippen molar-refractivity contribution >= 4 is 6.01 Å². The number of aromatic nitrogens is 3. The van der Waals surface area contributed by atoms with Crippen molar-refractivity contribution in [2.45, 2.75) is 25.9 Å². The first-order valence-electron chi connectivity index (χ1n) is 9.35. The van der Waals surface area contributed by atoms with Crippen LogP contribution in [0.3, 0.4) is 0 Å². The molecule has 0 spiro atoms. The SMILES string of the molecule is CC(C)(c1ccc(OCc2ccccn2)cc1)c1ccc(-c2nnc(N)o2)cc1. The number of benzene rings is 2. The topological polar surface area (TPSA) is 87.1 Å². The van der Waals surface area contributed by atoms with E-state index in [-0.39, 0.29) is 11.4 Å². The maximum Gasteiger partial charge on any atom is 0.313 e. The number of nitrogen functional groups attached to an aromatic ring is 1. The van der Waals surface area contributed by atoms with Crippen molar-refractivity contribution < 1.29 is 9.15 Å². The Hall–Kier alpha value is -3.67. The molecule has 0 amide bonds. The maximum atomic E-state index is 5.84. The molecule has 0 aliphatic carbocycles. The number of anilines is 1. The first kappa shape index (κ1) is 18.7. The van der Waals surface area contributed by atoms with Gasteiger partial charge in [-0.2, -0.15) is 0 Å². The average Bonchev–Trinajstić information content (AvgIpc) is 3.20. The maximum absolute atomic E-state index is 5.84. The molecule has 0 bridgehead atoms. The van der Waals surface area contributed by atoms with Gasteiger partial charge in [0, 0.05) is 17.2 Å². The monoisotopic (exact) mass is 386 g/mol. The van der Waals surface area contributed by atoms with Gasteiger partial charge in [0.2, 0.25) is 5.89 Å². The summed E-state index contributed by atoms with van der Waals surface area (Å²) in [6, 6.07) is 22.1. The number of ether oxygens (including phenoxy) is 1. The van der Waals surface area contributed by atoms with E-state index >= 15 is 0 Å². The molecule has 0 aliphatic rings. The van der Waals surface area contributed by atoms with Crippen LogP contribution in [0.2, 0.25) is 0 Å². The van der Waals surface area contributed by atoms with E-state index in [2.05, 4.69) is 53.3 Å². The van der Waals surface area contributed by atoms with Crippen LogP contribution in [-0.4, -0.2) is 15.2 Å². The van der Waals surface area contributed by atoms with Gasteiger partial charge in [0.15, 0.2) is 0 Å². The van der Waals surface area contributed by atoms with Gasteiger partial charge in [0.05, 0.1) is 5.69 Å². The Morgan fingerprint density at radius 1 is 0.897 bits per heavy atom. The molecule has 146 valence electrons. The number of nitrogens with two attached hydrogens (primary N) is 1. The van der Waals surface area contributed by atoms with E-state index in [1.165, 1.54) is 11.1 Å². The van der Waals surface area contributed by atoms with E-state index in [9.17, 15) is 0 Å². The lowest BCUT2D eigenvalue weighted by molar-refractivity contribution is 0.301. The molecule has 0 saturated heterocycles. The fourth-order valence-corrected chi connectivity index (χ4v) is 3.16. The van der Waals surface area contributed by atoms with Crippen LogP contribution in [0.1, 0.15) is 30.7 Å². The predicted molar refractivity (Wildman–Crippen MR) is 111 cm³/mol. The Kier molecular flexibility index (Phi) is 4.99. The van der Waals surface area contributed by atoms with Crippen molar-refractivity contribution in [3.05, 3.63) is 89.7 Å². The fourth-order valence-electron chi connectivity index (χ4n) is 3.16. The molecule has 4 rings (SSSR count). The van der Waals surface area contributed by atoms with Gasteiger partial charge in [-0.25, -0.2) is 0 Å². The summed E-state index contributed by atoms with van der Waals surface area (Å²) in [5.41, 5.74) is 9.44. The molecule has 0 radical (unpaired) electrons. The third-order valence-electron chi connectivity index (χ3n) is 4.98. The highest BCUT2D eigenvalue weighted by atomic mass is 16.5. The van der Waals surface area contributed by atoms with Gasteiger partial charge in [-0.3, -0.25) is 4.98 Å². The molecule has 0 fully saturated rings. The molecule has 0 aliphatic heterocycles. The molecule has 2 aromatic carbocycles. The van der Waals surface area contributed by atoms with Gasteiger partial charge in [-0.15, -0.1) is 5.10 Å². The molecule has 0 unspecified atom stereocenters. The van der Waals surface area contributed by atoms with Crippen molar-refractivity contribution in [2.24, 2.45) is 0 Å². The van der Waals surface area contributed by atoms with E-state index in [4.69, 9.17) is 14.9 Å². The Bertz CT molecular complexity index is 1070. The number of rotatable bonds is 6. The second-order valence-electron chi connectivity index (χ2n) is 7.28. The van der Waals surface area contributed by atoms with Crippen LogP contribution >= 0.6 is 0 Å². The van der Waals surface area contributed by atoms with Crippen molar-refractivity contribution in [3.8, 4) is 17.2 Å². The molecule has 2 N–H and O–H groups in total. The highest BCUT2D eigenvalue weighted by Crippen LogP contribution is 2.33. The van der Waals surface area contributed by atoms with E-state index < -0.39 is 0 Å². The van der Waals surface area contributed by atoms with Crippen LogP contribution in [0.4, 0.5) is 6.01 Å². The molecule has 0 saturated carbocycles. The summed E-state index contributed by atoms with van der Waals surface area (Å²) in [4.78, 5) is 4.27. The van der Waals surface area contributed by atoms with Crippen LogP contribution in [0, 0.1) is 0 Å². The summed E-state index contributed by atoms with van der Waals surface area (Å²) in [5.74, 6) is 1.24. The standard InChI is InChI=1S/C23H22N4O2/c1-23(2,17-8-6-16(7-9-17)21-26-27-22(24)29-21)18-10-12-20(13-11-18)28-15-19-5-3-4-14-25-19/h3-14H,15H2,1-2H3,(H2,24,27). The van der Waals surface area contributed by atoms with Crippen LogP contribution < -0.4 is 10.5 Å². The van der Waals surface area contributed by atoms with Crippen molar-refractivity contribution in [1.29, 1.82) is 0 Å². The first-order valence-corrected chi connectivity index (χ1v) is 9.35. The zero-order valence-electron chi connectivity index (χ0n) is 16.4. The highest BCUT2D eigenvalue weighted by molar-refractivity contribution is 5.55. The van der Waals surface area contributed by atoms with E-state index in [1.54, 1.807) is 6.20 Å². The van der Waals surface area contributed by atoms with Gasteiger partial charge < -0.3 is 14.9 Å². The Morgan fingerprint density at radius 3 is 2.17 bits per heavy atom. The van der Waals surface area contributed by atoms with Crippen LogP contribution in [0.15, 0.2) is 77.3 Å². The molecular formula is C23H22N4O2. The Labute approximate surface area is 169 Å². The minimum atomic E-state index is -0.175. The lowest BCUT2D eigenvalue weighted by Crippen LogP contribution is -2.18. The van der Waals surface area contributed by atoms with Crippen LogP contribution in [0.25, 0.3) is 11.5 Å². The molecule has 6 heteroatoms. The normalized spacial score (nSPS) is 11.4. The van der Waals surface area contributed by atoms with E-state index in [0.717, 1.165) is 17.0 Å². The van der Waals surface area contributed by atoms with Gasteiger partial charge in [0.25, 0.3) is 0 Å². The second-order valence-corrected chi connectivity index (χ2v) is 7.28. The fraction of sp³-hybridized carbons (Fsp3) is 0.174. The zero-order chi connectivity index (χ0) is 20.3. The van der Waals surface area contributed by atoms with Crippen LogP contribution in [0.5, 0.6) is 5.75 Å². The summed E-state index contributed by atoms with van der Waals surface area (Å²) in [7, 11) is 0. The third kappa shape index (κ3) is 4.11. The summed E-state index contributed by atoms with van der Waals surface area (Å²) in [5, 5.41) is 7.62. The minimum Gasteiger partial charge on any atom is -0.487 e. The van der Waals surface area contributed by atoms with Crippen molar-refractivity contribution in [2.75, 3.05) is 5.73 Å². The lowest BCUT2D eigenvalue weighted by Gasteiger charge is -2.26. The first-order chi connectivity index (χ1) is 14.0. The minimum absolute atomic E-state index is 0.0646. The lowest BCUT2D eigenvalue weighted by atomic mass is 9.78. The van der Waals surface area contributed by atoms with Gasteiger partial charge in [-0.1, -0.05) is 49.3 Å². The average molecular weight is 386 g/mol. The Balaban J connectivity index is 1.48. The number of hydrogen-bond donors (Lipinski definition) is 1. The van der Waals surface area contributed by atoms with Crippen molar-refractivity contribution in [1.82, 2.24) is 15.2 Å². The molecule has 4 aromatic rings. The zero-order valence-corrected chi connectivity index (χ0v) is 16.4. The van der Waals surface area contributed by atoms with E-state index in [1.807, 2.05) is 42.5 Å². The molecule has 29 heavy (non-hydrogen) atoms. The highest BCUT2D eigenvalue weighted by Gasteiger charge is 2.23. The summed E-state index contributed by atoms with van der Waals surface area (Å²) in [6.45, 7) is 4.83. The number of pyridine rings is 1. The molecule has 2 aromatic heterocycles. The third-order valence-corrected chi connectivity index (χ3v) is 4.98. The summed E-state index contributed by atoms with van der Waals surface area (Å²) in [6.07, 6.45) is 1.77. The second kappa shape index (κ2) is 7.75. The van der Waals surface area contributed by atoms with E-state index in [0.29, 0.717) is 12.5 Å². The molecular weight excluding hydrogens is 364 g/mol. The summed E-state index contributed by atoms with van der Waals surface area (Å²) >= 11 is 0. The van der Waals surface area contributed by atoms with Crippen molar-refractivity contribution in [3.63, 3.8) is 0 Å². The summed E-state index contributed by atoms with van der Waals surface area (Å²) < 4.78 is 11.1. The number of hydrogen-bond acceptors (Lipinski definition) is 6. The van der Waals surface area contributed by atoms with Gasteiger partial charge in [-0.05, 0) is 47.5 Å². The number of nitrogens with zero attached hydrogens (tertiary/aromatic N) is 3. The molecule has 6 nitrogen and oxygen atoms in total. The van der Waals surface area contributed by atoms with Crippen LogP contribution in [-0.2, 0) is 12.0 Å². The predicted octanol–water partition coefficient (Wildman–Crippen LogP) is 4.62. The molecule has 0 atom stereocenters. The smallest absolute Gasteiger partial charge is 0.313 e. The molecule has 2 heterocycles. The largest absolute Gasteiger partial charge is 0.487 e. The Morgan fingerprint density at radius 2 is 1.59 bits per heavy atom. The van der Waals surface area contributed by atoms with Gasteiger partial charge >= 0.3 is 6.01 Å². The quantitative estimate of drug-likeness (QED) is 0.520.